The van der Waals surface area contributed by atoms with Gasteiger partial charge in [0, 0.05) is 67.4 Å². The molecular weight excluding hydrogens is 400 g/mol. The van der Waals surface area contributed by atoms with Crippen LogP contribution >= 0.6 is 11.6 Å². The lowest BCUT2D eigenvalue weighted by atomic mass is 9.92. The molecule has 4 aromatic rings. The van der Waals surface area contributed by atoms with Crippen LogP contribution in [0, 0.1) is 5.92 Å². The van der Waals surface area contributed by atoms with Crippen LogP contribution < -0.4 is 4.90 Å². The number of hydrogen-bond acceptors (Lipinski definition) is 5. The molecular formula is C22H21ClN6O. The molecule has 152 valence electrons. The minimum Gasteiger partial charge on any atom is -0.354 e. The van der Waals surface area contributed by atoms with Crippen molar-refractivity contribution in [1.29, 1.82) is 0 Å². The lowest BCUT2D eigenvalue weighted by Crippen LogP contribution is -2.48. The summed E-state index contributed by atoms with van der Waals surface area (Å²) < 4.78 is 3.63. The summed E-state index contributed by atoms with van der Waals surface area (Å²) in [5, 5.41) is 9.28. The molecule has 1 aromatic carbocycles. The topological polar surface area (TPSA) is 68.3 Å². The van der Waals surface area contributed by atoms with Crippen molar-refractivity contribution in [3.63, 3.8) is 0 Å². The van der Waals surface area contributed by atoms with E-state index in [1.807, 2.05) is 54.4 Å². The monoisotopic (exact) mass is 420 g/mol. The summed E-state index contributed by atoms with van der Waals surface area (Å²) in [5.41, 5.74) is 4.07. The second-order valence-electron chi connectivity index (χ2n) is 7.86. The second-order valence-corrected chi connectivity index (χ2v) is 8.30. The van der Waals surface area contributed by atoms with Crippen LogP contribution in [-0.2, 0) is 18.3 Å². The molecule has 0 spiro atoms. The number of Topliss-reactive ketones (excluding diaryl/α,β-unsaturated/α-hetero) is 1. The molecule has 0 radical (unpaired) electrons. The Labute approximate surface area is 178 Å². The van der Waals surface area contributed by atoms with Crippen molar-refractivity contribution in [3.8, 4) is 11.1 Å². The second kappa shape index (κ2) is 7.57. The SMILES string of the molecule is Cn1cc(-c2cc3c(N4CC(CC(=O)Cc5ccc(Cl)cc5)C4)ncnn3c2)cn1. The molecule has 0 saturated carbocycles. The minimum absolute atomic E-state index is 0.261. The fourth-order valence-electron chi connectivity index (χ4n) is 3.98. The smallest absolute Gasteiger partial charge is 0.156 e. The van der Waals surface area contributed by atoms with Crippen LogP contribution in [0.5, 0.6) is 0 Å². The van der Waals surface area contributed by atoms with Crippen molar-refractivity contribution in [1.82, 2.24) is 24.4 Å². The zero-order valence-electron chi connectivity index (χ0n) is 16.6. The van der Waals surface area contributed by atoms with E-state index >= 15 is 0 Å². The molecule has 1 fully saturated rings. The summed E-state index contributed by atoms with van der Waals surface area (Å²) in [6.07, 6.45) is 8.43. The Morgan fingerprint density at radius 2 is 1.93 bits per heavy atom. The number of aryl methyl sites for hydroxylation is 1. The zero-order chi connectivity index (χ0) is 20.7. The first-order chi connectivity index (χ1) is 14.5. The third kappa shape index (κ3) is 3.68. The van der Waals surface area contributed by atoms with Crippen molar-refractivity contribution in [2.75, 3.05) is 18.0 Å². The maximum atomic E-state index is 12.4. The molecule has 1 aliphatic rings. The third-order valence-corrected chi connectivity index (χ3v) is 5.76. The Hall–Kier alpha value is -3.19. The Morgan fingerprint density at radius 3 is 2.67 bits per heavy atom. The number of fused-ring (bicyclic) bond motifs is 1. The first-order valence-electron chi connectivity index (χ1n) is 9.88. The highest BCUT2D eigenvalue weighted by Crippen LogP contribution is 2.31. The molecule has 1 saturated heterocycles. The summed E-state index contributed by atoms with van der Waals surface area (Å²) in [6.45, 7) is 1.65. The number of carbonyl (C=O) groups is 1. The number of halogens is 1. The van der Waals surface area contributed by atoms with Crippen LogP contribution in [0.25, 0.3) is 16.6 Å². The van der Waals surface area contributed by atoms with Gasteiger partial charge in [0.05, 0.1) is 6.20 Å². The van der Waals surface area contributed by atoms with Crippen molar-refractivity contribution in [2.45, 2.75) is 12.8 Å². The van der Waals surface area contributed by atoms with Gasteiger partial charge in [0.25, 0.3) is 0 Å². The summed E-state index contributed by atoms with van der Waals surface area (Å²) >= 11 is 5.91. The fraction of sp³-hybridized carbons (Fsp3) is 0.273. The van der Waals surface area contributed by atoms with Gasteiger partial charge < -0.3 is 4.90 Å². The van der Waals surface area contributed by atoms with Crippen LogP contribution in [0.1, 0.15) is 12.0 Å². The molecule has 5 rings (SSSR count). The maximum Gasteiger partial charge on any atom is 0.156 e. The number of hydrogen-bond donors (Lipinski definition) is 0. The number of carbonyl (C=O) groups excluding carboxylic acids is 1. The highest BCUT2D eigenvalue weighted by molar-refractivity contribution is 6.30. The maximum absolute atomic E-state index is 12.4. The Bertz CT molecular complexity index is 1210. The Balaban J connectivity index is 1.25. The molecule has 0 atom stereocenters. The van der Waals surface area contributed by atoms with E-state index in [-0.39, 0.29) is 5.78 Å². The molecule has 0 unspecified atom stereocenters. The van der Waals surface area contributed by atoms with E-state index in [9.17, 15) is 4.79 Å². The molecule has 0 bridgehead atoms. The van der Waals surface area contributed by atoms with Gasteiger partial charge in [-0.3, -0.25) is 9.48 Å². The Kier molecular flexibility index (Phi) is 4.75. The van der Waals surface area contributed by atoms with Gasteiger partial charge in [-0.1, -0.05) is 23.7 Å². The summed E-state index contributed by atoms with van der Waals surface area (Å²) in [5.74, 6) is 1.52. The molecule has 7 nitrogen and oxygen atoms in total. The number of anilines is 1. The molecule has 0 amide bonds. The normalized spacial score (nSPS) is 14.3. The highest BCUT2D eigenvalue weighted by Gasteiger charge is 2.31. The number of benzene rings is 1. The zero-order valence-corrected chi connectivity index (χ0v) is 17.3. The van der Waals surface area contributed by atoms with Gasteiger partial charge in [0.15, 0.2) is 5.82 Å². The summed E-state index contributed by atoms with van der Waals surface area (Å²) in [6, 6.07) is 9.57. The standard InChI is InChI=1S/C22H21ClN6O/c1-27-12-18(9-25-27)17-8-21-22(24-14-26-29(21)13-17)28-10-16(11-28)7-20(30)6-15-2-4-19(23)5-3-15/h2-5,8-9,12-14,16H,6-7,10-11H2,1H3. The largest absolute Gasteiger partial charge is 0.354 e. The van der Waals surface area contributed by atoms with Crippen molar-refractivity contribution < 1.29 is 4.79 Å². The molecule has 0 N–H and O–H groups in total. The van der Waals surface area contributed by atoms with Gasteiger partial charge in [-0.05, 0) is 23.8 Å². The van der Waals surface area contributed by atoms with Crippen LogP contribution in [0.15, 0.2) is 55.2 Å². The van der Waals surface area contributed by atoms with E-state index in [1.54, 1.807) is 11.0 Å². The van der Waals surface area contributed by atoms with Crippen LogP contribution in [0.3, 0.4) is 0 Å². The predicted molar refractivity (Wildman–Crippen MR) is 116 cm³/mol. The molecule has 1 aliphatic heterocycles. The van der Waals surface area contributed by atoms with Crippen molar-refractivity contribution in [2.24, 2.45) is 13.0 Å². The van der Waals surface area contributed by atoms with E-state index in [4.69, 9.17) is 11.6 Å². The molecule has 0 aliphatic carbocycles. The van der Waals surface area contributed by atoms with Crippen LogP contribution in [-0.4, -0.2) is 43.3 Å². The molecule has 3 aromatic heterocycles. The van der Waals surface area contributed by atoms with E-state index in [2.05, 4.69) is 26.1 Å². The number of nitrogens with zero attached hydrogens (tertiary/aromatic N) is 6. The number of ketones is 1. The predicted octanol–water partition coefficient (Wildman–Crippen LogP) is 3.42. The Morgan fingerprint density at radius 1 is 1.13 bits per heavy atom. The van der Waals surface area contributed by atoms with Gasteiger partial charge in [-0.2, -0.15) is 10.2 Å². The van der Waals surface area contributed by atoms with Crippen molar-refractivity contribution in [3.05, 3.63) is 65.8 Å². The summed E-state index contributed by atoms with van der Waals surface area (Å²) in [7, 11) is 1.90. The van der Waals surface area contributed by atoms with Gasteiger partial charge >= 0.3 is 0 Å². The van der Waals surface area contributed by atoms with Gasteiger partial charge in [0.1, 0.15) is 17.6 Å². The lowest BCUT2D eigenvalue weighted by molar-refractivity contribution is -0.119. The van der Waals surface area contributed by atoms with E-state index in [0.717, 1.165) is 41.1 Å². The van der Waals surface area contributed by atoms with Crippen molar-refractivity contribution >= 4 is 28.7 Å². The number of rotatable bonds is 6. The van der Waals surface area contributed by atoms with E-state index in [0.29, 0.717) is 23.8 Å². The van der Waals surface area contributed by atoms with Crippen LogP contribution in [0.2, 0.25) is 5.02 Å². The average molecular weight is 421 g/mol. The van der Waals surface area contributed by atoms with E-state index in [1.165, 1.54) is 0 Å². The quantitative estimate of drug-likeness (QED) is 0.478. The lowest BCUT2D eigenvalue weighted by Gasteiger charge is -2.40. The molecule has 30 heavy (non-hydrogen) atoms. The fourth-order valence-corrected chi connectivity index (χ4v) is 4.11. The van der Waals surface area contributed by atoms with Gasteiger partial charge in [-0.15, -0.1) is 0 Å². The minimum atomic E-state index is 0.261. The average Bonchev–Trinajstić information content (AvgIpc) is 3.32. The van der Waals surface area contributed by atoms with Gasteiger partial charge in [-0.25, -0.2) is 9.50 Å². The summed E-state index contributed by atoms with van der Waals surface area (Å²) in [4.78, 5) is 19.1. The molecule has 8 heteroatoms. The van der Waals surface area contributed by atoms with Gasteiger partial charge in [0.2, 0.25) is 0 Å². The first-order valence-corrected chi connectivity index (χ1v) is 10.3. The first kappa shape index (κ1) is 18.8. The highest BCUT2D eigenvalue weighted by atomic mass is 35.5. The third-order valence-electron chi connectivity index (χ3n) is 5.51. The molecule has 4 heterocycles. The van der Waals surface area contributed by atoms with E-state index < -0.39 is 0 Å². The van der Waals surface area contributed by atoms with Crippen LogP contribution in [0.4, 0.5) is 5.82 Å². The number of aromatic nitrogens is 5.